The summed E-state index contributed by atoms with van der Waals surface area (Å²) in [6.45, 7) is 19.2. The van der Waals surface area contributed by atoms with Crippen LogP contribution in [0.3, 0.4) is 0 Å². The van der Waals surface area contributed by atoms with Crippen LogP contribution in [0, 0.1) is 11.3 Å². The molecule has 0 saturated carbocycles. The van der Waals surface area contributed by atoms with E-state index in [9.17, 15) is 14.7 Å². The maximum absolute atomic E-state index is 13.2. The lowest BCUT2D eigenvalue weighted by molar-refractivity contribution is -0.157. The Kier molecular flexibility index (Phi) is 36.4. The zero-order chi connectivity index (χ0) is 40.9. The van der Waals surface area contributed by atoms with Crippen LogP contribution in [-0.4, -0.2) is 60.4 Å². The van der Waals surface area contributed by atoms with Gasteiger partial charge in [0.15, 0.2) is 0 Å². The molecule has 0 aromatic heterocycles. The van der Waals surface area contributed by atoms with Crippen LogP contribution in [0.1, 0.15) is 254 Å². The highest BCUT2D eigenvalue weighted by Gasteiger charge is 2.29. The first-order valence-corrected chi connectivity index (χ1v) is 24.2. The summed E-state index contributed by atoms with van der Waals surface area (Å²) >= 11 is 0. The van der Waals surface area contributed by atoms with E-state index < -0.39 is 5.41 Å². The molecular weight excluding hydrogens is 683 g/mol. The van der Waals surface area contributed by atoms with Gasteiger partial charge in [-0.2, -0.15) is 0 Å². The second kappa shape index (κ2) is 37.2. The van der Waals surface area contributed by atoms with Crippen molar-refractivity contribution < 1.29 is 24.2 Å². The smallest absolute Gasteiger partial charge is 0.311 e. The van der Waals surface area contributed by atoms with Gasteiger partial charge < -0.3 is 19.5 Å². The Morgan fingerprint density at radius 3 is 1.45 bits per heavy atom. The molecule has 55 heavy (non-hydrogen) atoms. The van der Waals surface area contributed by atoms with Crippen molar-refractivity contribution in [1.29, 1.82) is 0 Å². The average molecular weight is 780 g/mol. The summed E-state index contributed by atoms with van der Waals surface area (Å²) in [5, 5.41) is 9.34. The second-order valence-corrected chi connectivity index (χ2v) is 18.5. The SMILES string of the molecule is CCCCCCCCCC(=O)OC(C)(C)CCCCCCN(CCCCO)CCCCCCC(C)(C)C(=O)OCC(CCCCCCC)CCCCCCC. The molecule has 0 spiro atoms. The largest absolute Gasteiger partial charge is 0.465 e. The maximum atomic E-state index is 13.2. The molecule has 0 rings (SSSR count). The van der Waals surface area contributed by atoms with Crippen LogP contribution < -0.4 is 0 Å². The quantitative estimate of drug-likeness (QED) is 0.0491. The highest BCUT2D eigenvalue weighted by atomic mass is 16.6. The van der Waals surface area contributed by atoms with Crippen molar-refractivity contribution in [3.05, 3.63) is 0 Å². The number of carbonyl (C=O) groups excluding carboxylic acids is 2. The third-order valence-corrected chi connectivity index (χ3v) is 11.7. The van der Waals surface area contributed by atoms with Crippen molar-refractivity contribution in [2.24, 2.45) is 11.3 Å². The Hall–Kier alpha value is -1.14. The number of hydrogen-bond acceptors (Lipinski definition) is 6. The highest BCUT2D eigenvalue weighted by molar-refractivity contribution is 5.75. The zero-order valence-electron chi connectivity index (χ0n) is 38.3. The van der Waals surface area contributed by atoms with Gasteiger partial charge >= 0.3 is 11.9 Å². The van der Waals surface area contributed by atoms with E-state index >= 15 is 0 Å². The number of ether oxygens (including phenoxy) is 2. The van der Waals surface area contributed by atoms with Gasteiger partial charge in [0.05, 0.1) is 12.0 Å². The molecule has 0 fully saturated rings. The van der Waals surface area contributed by atoms with Crippen LogP contribution in [0.4, 0.5) is 0 Å². The molecule has 0 unspecified atom stereocenters. The van der Waals surface area contributed by atoms with E-state index in [-0.39, 0.29) is 24.1 Å². The van der Waals surface area contributed by atoms with Gasteiger partial charge in [-0.3, -0.25) is 9.59 Å². The second-order valence-electron chi connectivity index (χ2n) is 18.5. The zero-order valence-corrected chi connectivity index (χ0v) is 38.3. The van der Waals surface area contributed by atoms with Gasteiger partial charge in [0.25, 0.3) is 0 Å². The normalized spacial score (nSPS) is 12.3. The van der Waals surface area contributed by atoms with Gasteiger partial charge in [0.2, 0.25) is 0 Å². The first-order valence-electron chi connectivity index (χ1n) is 24.2. The number of unbranched alkanes of at least 4 members (excludes halogenated alkanes) is 21. The third-order valence-electron chi connectivity index (χ3n) is 11.7. The van der Waals surface area contributed by atoms with Gasteiger partial charge in [-0.05, 0) is 117 Å². The summed E-state index contributed by atoms with van der Waals surface area (Å²) in [7, 11) is 0. The Morgan fingerprint density at radius 1 is 0.527 bits per heavy atom. The number of rotatable bonds is 42. The van der Waals surface area contributed by atoms with E-state index in [1.54, 1.807) is 0 Å². The Balaban J connectivity index is 4.39. The van der Waals surface area contributed by atoms with Crippen LogP contribution in [0.2, 0.25) is 0 Å². The number of esters is 2. The third kappa shape index (κ3) is 34.6. The van der Waals surface area contributed by atoms with Crippen LogP contribution >= 0.6 is 0 Å². The maximum Gasteiger partial charge on any atom is 0.311 e. The summed E-state index contributed by atoms with van der Waals surface area (Å²) in [4.78, 5) is 28.2. The lowest BCUT2D eigenvalue weighted by Gasteiger charge is -2.25. The van der Waals surface area contributed by atoms with Crippen molar-refractivity contribution in [1.82, 2.24) is 4.90 Å². The molecule has 0 saturated heterocycles. The van der Waals surface area contributed by atoms with Crippen molar-refractivity contribution in [3.8, 4) is 0 Å². The number of carbonyl (C=O) groups is 2. The summed E-state index contributed by atoms with van der Waals surface area (Å²) in [6.07, 6.45) is 37.4. The number of hydrogen-bond donors (Lipinski definition) is 1. The molecule has 0 amide bonds. The minimum absolute atomic E-state index is 0.00657. The molecule has 0 heterocycles. The van der Waals surface area contributed by atoms with Gasteiger partial charge in [-0.25, -0.2) is 0 Å². The predicted octanol–water partition coefficient (Wildman–Crippen LogP) is 14.3. The van der Waals surface area contributed by atoms with Crippen molar-refractivity contribution >= 4 is 11.9 Å². The molecule has 0 bridgehead atoms. The molecule has 0 aromatic carbocycles. The topological polar surface area (TPSA) is 76.1 Å². The van der Waals surface area contributed by atoms with Gasteiger partial charge in [0.1, 0.15) is 5.60 Å². The summed E-state index contributed by atoms with van der Waals surface area (Å²) < 4.78 is 11.9. The molecule has 6 nitrogen and oxygen atoms in total. The van der Waals surface area contributed by atoms with Crippen LogP contribution in [0.25, 0.3) is 0 Å². The molecule has 1 N–H and O–H groups in total. The van der Waals surface area contributed by atoms with Crippen LogP contribution in [0.5, 0.6) is 0 Å². The molecule has 0 aliphatic carbocycles. The van der Waals surface area contributed by atoms with Crippen molar-refractivity contribution in [2.45, 2.75) is 260 Å². The molecule has 0 aliphatic heterocycles. The fourth-order valence-electron chi connectivity index (χ4n) is 7.79. The predicted molar refractivity (Wildman–Crippen MR) is 237 cm³/mol. The van der Waals surface area contributed by atoms with Gasteiger partial charge in [-0.15, -0.1) is 0 Å². The lowest BCUT2D eigenvalue weighted by atomic mass is 9.86. The summed E-state index contributed by atoms with van der Waals surface area (Å²) in [5.41, 5.74) is -0.805. The number of aliphatic hydroxyl groups is 1. The molecule has 0 radical (unpaired) electrons. The number of nitrogens with zero attached hydrogens (tertiary/aromatic N) is 1. The van der Waals surface area contributed by atoms with Crippen LogP contribution in [0.15, 0.2) is 0 Å². The van der Waals surface area contributed by atoms with E-state index in [2.05, 4.69) is 53.4 Å². The van der Waals surface area contributed by atoms with E-state index in [1.807, 2.05) is 0 Å². The average Bonchev–Trinajstić information content (AvgIpc) is 3.14. The fraction of sp³-hybridized carbons (Fsp3) is 0.959. The highest BCUT2D eigenvalue weighted by Crippen LogP contribution is 2.28. The minimum atomic E-state index is -0.423. The fourth-order valence-corrected chi connectivity index (χ4v) is 7.79. The molecular formula is C49H97NO5. The van der Waals surface area contributed by atoms with Gasteiger partial charge in [0, 0.05) is 13.0 Å². The molecule has 6 heteroatoms. The summed E-state index contributed by atoms with van der Waals surface area (Å²) in [6, 6.07) is 0. The van der Waals surface area contributed by atoms with Crippen LogP contribution in [-0.2, 0) is 19.1 Å². The Bertz CT molecular complexity index is 844. The van der Waals surface area contributed by atoms with Gasteiger partial charge in [-0.1, -0.05) is 156 Å². The summed E-state index contributed by atoms with van der Waals surface area (Å²) in [5.74, 6) is 0.471. The number of aliphatic hydroxyl groups excluding tert-OH is 1. The Morgan fingerprint density at radius 2 is 0.945 bits per heavy atom. The molecule has 328 valence electrons. The molecule has 0 atom stereocenters. The van der Waals surface area contributed by atoms with E-state index in [0.717, 1.165) is 77.4 Å². The van der Waals surface area contributed by atoms with E-state index in [1.165, 1.54) is 141 Å². The Labute approximate surface area is 343 Å². The first kappa shape index (κ1) is 53.9. The minimum Gasteiger partial charge on any atom is -0.465 e. The molecule has 0 aliphatic rings. The van der Waals surface area contributed by atoms with E-state index in [4.69, 9.17) is 9.47 Å². The first-order chi connectivity index (χ1) is 26.5. The standard InChI is InChI=1S/C49H97NO5/c1-8-11-14-17-18-21-28-37-46(52)55-49(6,7)39-30-23-25-32-41-50(42-33-34-43-51)40-31-24-22-29-38-48(4,5)47(53)54-44-45(35-26-19-15-12-9-2)36-27-20-16-13-10-3/h45,51H,8-44H2,1-7H3. The molecule has 0 aromatic rings. The van der Waals surface area contributed by atoms with Crippen molar-refractivity contribution in [3.63, 3.8) is 0 Å². The van der Waals surface area contributed by atoms with E-state index in [0.29, 0.717) is 18.9 Å². The van der Waals surface area contributed by atoms with Crippen molar-refractivity contribution in [2.75, 3.05) is 32.8 Å². The lowest BCUT2D eigenvalue weighted by Crippen LogP contribution is -2.29. The monoisotopic (exact) mass is 780 g/mol.